The Morgan fingerprint density at radius 2 is 1.95 bits per heavy atom. The molecule has 5 heteroatoms. The number of unbranched alkanes of at least 4 members (excludes halogenated alkanes) is 1. The van der Waals surface area contributed by atoms with Crippen molar-refractivity contribution in [1.29, 1.82) is 0 Å². The van der Waals surface area contributed by atoms with Gasteiger partial charge in [0.15, 0.2) is 0 Å². The Bertz CT molecular complexity index is 436. The topological polar surface area (TPSA) is 72.3 Å². The van der Waals surface area contributed by atoms with Crippen molar-refractivity contribution in [2.75, 3.05) is 19.6 Å². The monoisotopic (exact) mass is 293 g/mol. The van der Waals surface area contributed by atoms with Crippen LogP contribution in [0.1, 0.15) is 31.2 Å². The summed E-state index contributed by atoms with van der Waals surface area (Å²) in [7, 11) is 0. The summed E-state index contributed by atoms with van der Waals surface area (Å²) >= 11 is 5.18. The zero-order valence-electron chi connectivity index (χ0n) is 11.9. The Hall–Kier alpha value is -1.46. The van der Waals surface area contributed by atoms with Crippen molar-refractivity contribution < 1.29 is 4.79 Å². The number of thiocarbonyl (C=S) groups is 1. The minimum absolute atomic E-state index is 0.0533. The Labute approximate surface area is 126 Å². The van der Waals surface area contributed by atoms with Gasteiger partial charge in [-0.15, -0.1) is 0 Å². The molecule has 110 valence electrons. The molecule has 0 aliphatic carbocycles. The molecule has 0 saturated heterocycles. The summed E-state index contributed by atoms with van der Waals surface area (Å²) in [4.78, 5) is 13.7. The third-order valence-electron chi connectivity index (χ3n) is 3.19. The van der Waals surface area contributed by atoms with E-state index in [0.29, 0.717) is 11.5 Å². The van der Waals surface area contributed by atoms with Crippen LogP contribution in [0.2, 0.25) is 0 Å². The maximum absolute atomic E-state index is 11.2. The number of hydrogen-bond donors (Lipinski definition) is 2. The third-order valence-corrected chi connectivity index (χ3v) is 3.48. The van der Waals surface area contributed by atoms with Crippen LogP contribution in [0.25, 0.3) is 0 Å². The van der Waals surface area contributed by atoms with E-state index in [1.54, 1.807) is 0 Å². The second-order valence-electron chi connectivity index (χ2n) is 4.92. The van der Waals surface area contributed by atoms with Gasteiger partial charge >= 0.3 is 0 Å². The first kappa shape index (κ1) is 16.6. The predicted octanol–water partition coefficient (Wildman–Crippen LogP) is 1.64. The van der Waals surface area contributed by atoms with Gasteiger partial charge in [0.25, 0.3) is 0 Å². The molecule has 1 amide bonds. The Kier molecular flexibility index (Phi) is 7.18. The molecule has 0 bridgehead atoms. The molecule has 4 N–H and O–H groups in total. The van der Waals surface area contributed by atoms with Crippen molar-refractivity contribution >= 4 is 23.1 Å². The molecule has 1 atom stereocenters. The van der Waals surface area contributed by atoms with Crippen molar-refractivity contribution in [3.05, 3.63) is 35.9 Å². The highest BCUT2D eigenvalue weighted by Gasteiger charge is 2.19. The van der Waals surface area contributed by atoms with Crippen LogP contribution in [-0.4, -0.2) is 35.4 Å². The molecule has 1 rings (SSSR count). The SMILES string of the molecule is CCCCN(CC(N)=O)CC(C(N)=S)c1ccccc1. The molecular formula is C15H23N3OS. The lowest BCUT2D eigenvalue weighted by molar-refractivity contribution is -0.119. The number of hydrogen-bond acceptors (Lipinski definition) is 3. The van der Waals surface area contributed by atoms with Crippen LogP contribution in [0, 0.1) is 0 Å². The van der Waals surface area contributed by atoms with Gasteiger partial charge in [-0.1, -0.05) is 55.9 Å². The number of primary amides is 1. The molecule has 1 unspecified atom stereocenters. The molecule has 0 fully saturated rings. The van der Waals surface area contributed by atoms with Gasteiger partial charge in [-0.05, 0) is 18.5 Å². The average molecular weight is 293 g/mol. The molecule has 0 radical (unpaired) electrons. The summed E-state index contributed by atoms with van der Waals surface area (Å²) in [5.74, 6) is -0.377. The summed E-state index contributed by atoms with van der Waals surface area (Å²) < 4.78 is 0. The van der Waals surface area contributed by atoms with Crippen molar-refractivity contribution in [3.63, 3.8) is 0 Å². The predicted molar refractivity (Wildman–Crippen MR) is 86.5 cm³/mol. The van der Waals surface area contributed by atoms with E-state index in [1.807, 2.05) is 35.2 Å². The molecule has 0 saturated carbocycles. The van der Waals surface area contributed by atoms with Gasteiger partial charge < -0.3 is 11.5 Å². The number of benzene rings is 1. The molecule has 0 aliphatic rings. The lowest BCUT2D eigenvalue weighted by atomic mass is 9.98. The molecule has 0 aromatic heterocycles. The van der Waals surface area contributed by atoms with Crippen molar-refractivity contribution in [2.24, 2.45) is 11.5 Å². The summed E-state index contributed by atoms with van der Waals surface area (Å²) in [6, 6.07) is 9.90. The first-order chi connectivity index (χ1) is 9.54. The van der Waals surface area contributed by atoms with Crippen LogP contribution in [0.15, 0.2) is 30.3 Å². The van der Waals surface area contributed by atoms with Gasteiger partial charge in [0.2, 0.25) is 5.91 Å². The van der Waals surface area contributed by atoms with Crippen molar-refractivity contribution in [2.45, 2.75) is 25.7 Å². The fourth-order valence-corrected chi connectivity index (χ4v) is 2.35. The second kappa shape index (κ2) is 8.66. The molecule has 4 nitrogen and oxygen atoms in total. The maximum Gasteiger partial charge on any atom is 0.231 e. The first-order valence-corrected chi connectivity index (χ1v) is 7.30. The number of amides is 1. The van der Waals surface area contributed by atoms with Crippen LogP contribution in [0.5, 0.6) is 0 Å². The summed E-state index contributed by atoms with van der Waals surface area (Å²) in [5.41, 5.74) is 12.3. The maximum atomic E-state index is 11.2. The fraction of sp³-hybridized carbons (Fsp3) is 0.467. The normalized spacial score (nSPS) is 12.3. The molecule has 0 heterocycles. The lowest BCUT2D eigenvalue weighted by Gasteiger charge is -2.26. The fourth-order valence-electron chi connectivity index (χ4n) is 2.14. The zero-order valence-corrected chi connectivity index (χ0v) is 12.7. The first-order valence-electron chi connectivity index (χ1n) is 6.89. The van der Waals surface area contributed by atoms with Gasteiger partial charge in [0, 0.05) is 12.5 Å². The molecule has 20 heavy (non-hydrogen) atoms. The van der Waals surface area contributed by atoms with Crippen LogP contribution < -0.4 is 11.5 Å². The van der Waals surface area contributed by atoms with Crippen molar-refractivity contribution in [1.82, 2.24) is 4.90 Å². The van der Waals surface area contributed by atoms with E-state index in [2.05, 4.69) is 6.92 Å². The smallest absolute Gasteiger partial charge is 0.231 e. The number of nitrogens with two attached hydrogens (primary N) is 2. The molecule has 0 aliphatic heterocycles. The van der Waals surface area contributed by atoms with Gasteiger partial charge in [-0.3, -0.25) is 9.69 Å². The number of rotatable bonds is 9. The van der Waals surface area contributed by atoms with Gasteiger partial charge in [0.1, 0.15) is 0 Å². The zero-order chi connectivity index (χ0) is 15.0. The second-order valence-corrected chi connectivity index (χ2v) is 5.39. The van der Waals surface area contributed by atoms with E-state index in [-0.39, 0.29) is 18.4 Å². The van der Waals surface area contributed by atoms with Gasteiger partial charge in [0.05, 0.1) is 11.5 Å². The van der Waals surface area contributed by atoms with Gasteiger partial charge in [-0.25, -0.2) is 0 Å². The van der Waals surface area contributed by atoms with Crippen molar-refractivity contribution in [3.8, 4) is 0 Å². The highest BCUT2D eigenvalue weighted by atomic mass is 32.1. The van der Waals surface area contributed by atoms with E-state index in [0.717, 1.165) is 24.9 Å². The van der Waals surface area contributed by atoms with E-state index < -0.39 is 0 Å². The van der Waals surface area contributed by atoms with Crippen LogP contribution >= 0.6 is 12.2 Å². The van der Waals surface area contributed by atoms with Crippen LogP contribution in [0.4, 0.5) is 0 Å². The molecule has 1 aromatic rings. The Morgan fingerprint density at radius 3 is 2.45 bits per heavy atom. The highest BCUT2D eigenvalue weighted by molar-refractivity contribution is 7.80. The summed E-state index contributed by atoms with van der Waals surface area (Å²) in [6.45, 7) is 3.81. The standard InChI is InChI=1S/C15H23N3OS/c1-2-3-9-18(11-14(16)19)10-13(15(17)20)12-7-5-4-6-8-12/h4-8,13H,2-3,9-11H2,1H3,(H2,16,19)(H2,17,20). The minimum atomic E-state index is -0.323. The van der Waals surface area contributed by atoms with Crippen LogP contribution in [0.3, 0.4) is 0 Å². The minimum Gasteiger partial charge on any atom is -0.393 e. The van der Waals surface area contributed by atoms with E-state index >= 15 is 0 Å². The average Bonchev–Trinajstić information content (AvgIpc) is 2.41. The summed E-state index contributed by atoms with van der Waals surface area (Å²) in [5, 5.41) is 0. The molecular weight excluding hydrogens is 270 g/mol. The Balaban J connectivity index is 2.80. The largest absolute Gasteiger partial charge is 0.393 e. The number of carbonyl (C=O) groups is 1. The number of carbonyl (C=O) groups excluding carboxylic acids is 1. The lowest BCUT2D eigenvalue weighted by Crippen LogP contribution is -2.39. The summed E-state index contributed by atoms with van der Waals surface area (Å²) in [6.07, 6.45) is 2.09. The number of nitrogens with zero attached hydrogens (tertiary/aromatic N) is 1. The highest BCUT2D eigenvalue weighted by Crippen LogP contribution is 2.17. The van der Waals surface area contributed by atoms with E-state index in [4.69, 9.17) is 23.7 Å². The molecule has 1 aromatic carbocycles. The van der Waals surface area contributed by atoms with E-state index in [9.17, 15) is 4.79 Å². The molecule has 0 spiro atoms. The quantitative estimate of drug-likeness (QED) is 0.679. The van der Waals surface area contributed by atoms with Crippen LogP contribution in [-0.2, 0) is 4.79 Å². The van der Waals surface area contributed by atoms with Gasteiger partial charge in [-0.2, -0.15) is 0 Å². The third kappa shape index (κ3) is 5.67. The Morgan fingerprint density at radius 1 is 1.30 bits per heavy atom. The van der Waals surface area contributed by atoms with E-state index in [1.165, 1.54) is 0 Å².